The lowest BCUT2D eigenvalue weighted by atomic mass is 9.99. The zero-order chi connectivity index (χ0) is 13.7. The van der Waals surface area contributed by atoms with E-state index in [9.17, 15) is 0 Å². The van der Waals surface area contributed by atoms with Gasteiger partial charge in [-0.15, -0.1) is 0 Å². The summed E-state index contributed by atoms with van der Waals surface area (Å²) < 4.78 is 0. The molecule has 1 heterocycles. The monoisotopic (exact) mass is 300 g/mol. The van der Waals surface area contributed by atoms with Gasteiger partial charge in [0.1, 0.15) is 0 Å². The molecule has 2 rings (SSSR count). The molecule has 0 radical (unpaired) electrons. The molecule has 0 amide bonds. The molecular formula is C15H28N2S2. The van der Waals surface area contributed by atoms with Crippen LogP contribution in [0, 0.1) is 5.92 Å². The lowest BCUT2D eigenvalue weighted by Gasteiger charge is -2.19. The number of rotatable bonds is 6. The van der Waals surface area contributed by atoms with Gasteiger partial charge in [0.2, 0.25) is 0 Å². The molecule has 4 heteroatoms. The topological polar surface area (TPSA) is 24.4 Å². The van der Waals surface area contributed by atoms with Crippen LogP contribution in [0.25, 0.3) is 0 Å². The van der Waals surface area contributed by atoms with E-state index in [1.165, 1.54) is 43.0 Å². The maximum absolute atomic E-state index is 4.73. The van der Waals surface area contributed by atoms with Gasteiger partial charge in [-0.2, -0.15) is 11.8 Å². The van der Waals surface area contributed by atoms with Crippen LogP contribution < -0.4 is 5.32 Å². The molecule has 1 N–H and O–H groups in total. The molecule has 0 bridgehead atoms. The first kappa shape index (κ1) is 15.6. The Bertz CT molecular complexity index is 303. The summed E-state index contributed by atoms with van der Waals surface area (Å²) in [6, 6.07) is 0.677. The van der Waals surface area contributed by atoms with Gasteiger partial charge in [0, 0.05) is 16.5 Å². The molecule has 0 aromatic rings. The Kier molecular flexibility index (Phi) is 6.40. The minimum atomic E-state index is 0.677. The van der Waals surface area contributed by atoms with E-state index < -0.39 is 0 Å². The van der Waals surface area contributed by atoms with E-state index in [4.69, 9.17) is 4.99 Å². The van der Waals surface area contributed by atoms with E-state index in [1.807, 2.05) is 11.8 Å². The van der Waals surface area contributed by atoms with Crippen LogP contribution in [0.5, 0.6) is 0 Å². The van der Waals surface area contributed by atoms with Crippen LogP contribution in [0.1, 0.15) is 52.9 Å². The third-order valence-corrected chi connectivity index (χ3v) is 6.91. The van der Waals surface area contributed by atoms with Gasteiger partial charge < -0.3 is 5.32 Å². The highest BCUT2D eigenvalue weighted by atomic mass is 32.2. The van der Waals surface area contributed by atoms with Gasteiger partial charge in [-0.3, -0.25) is 4.99 Å². The number of aliphatic imine (C=N–C) groups is 1. The first-order valence-corrected chi connectivity index (χ1v) is 9.78. The number of thioether (sulfide) groups is 2. The van der Waals surface area contributed by atoms with Gasteiger partial charge in [-0.05, 0) is 30.9 Å². The SMILES string of the molecule is CCSC1CCC(NC2=NCC(C(CC)CC)S2)C1. The van der Waals surface area contributed by atoms with Gasteiger partial charge in [0.15, 0.2) is 5.17 Å². The van der Waals surface area contributed by atoms with Crippen molar-refractivity contribution in [3.8, 4) is 0 Å². The lowest BCUT2D eigenvalue weighted by molar-refractivity contribution is 0.479. The number of nitrogens with zero attached hydrogens (tertiary/aromatic N) is 1. The third-order valence-electron chi connectivity index (χ3n) is 4.37. The summed E-state index contributed by atoms with van der Waals surface area (Å²) in [7, 11) is 0. The van der Waals surface area contributed by atoms with Crippen molar-refractivity contribution >= 4 is 28.7 Å². The second kappa shape index (κ2) is 7.82. The second-order valence-corrected chi connectivity index (χ2v) is 8.42. The fraction of sp³-hybridized carbons (Fsp3) is 0.933. The Morgan fingerprint density at radius 1 is 1.32 bits per heavy atom. The van der Waals surface area contributed by atoms with Crippen molar-refractivity contribution < 1.29 is 0 Å². The molecule has 19 heavy (non-hydrogen) atoms. The maximum Gasteiger partial charge on any atom is 0.157 e. The first-order chi connectivity index (χ1) is 9.26. The van der Waals surface area contributed by atoms with Gasteiger partial charge in [0.05, 0.1) is 6.54 Å². The van der Waals surface area contributed by atoms with E-state index in [-0.39, 0.29) is 0 Å². The van der Waals surface area contributed by atoms with Crippen molar-refractivity contribution in [2.45, 2.75) is 69.4 Å². The molecule has 0 saturated heterocycles. The van der Waals surface area contributed by atoms with E-state index in [0.717, 1.165) is 23.0 Å². The number of nitrogens with one attached hydrogen (secondary N) is 1. The molecule has 0 aromatic carbocycles. The minimum absolute atomic E-state index is 0.677. The number of hydrogen-bond acceptors (Lipinski definition) is 4. The van der Waals surface area contributed by atoms with E-state index >= 15 is 0 Å². The first-order valence-electron chi connectivity index (χ1n) is 7.86. The van der Waals surface area contributed by atoms with Gasteiger partial charge in [0.25, 0.3) is 0 Å². The van der Waals surface area contributed by atoms with Crippen LogP contribution in [0.4, 0.5) is 0 Å². The van der Waals surface area contributed by atoms with Crippen LogP contribution in [0.15, 0.2) is 4.99 Å². The van der Waals surface area contributed by atoms with E-state index in [0.29, 0.717) is 6.04 Å². The van der Waals surface area contributed by atoms with E-state index in [2.05, 4.69) is 37.8 Å². The Balaban J connectivity index is 1.73. The Labute approximate surface area is 127 Å². The number of amidine groups is 1. The molecule has 0 aromatic heterocycles. The van der Waals surface area contributed by atoms with Gasteiger partial charge in [-0.1, -0.05) is 45.4 Å². The number of hydrogen-bond donors (Lipinski definition) is 1. The highest BCUT2D eigenvalue weighted by Gasteiger charge is 2.29. The zero-order valence-electron chi connectivity index (χ0n) is 12.5. The molecule has 1 saturated carbocycles. The second-order valence-electron chi connectivity index (χ2n) is 5.61. The summed E-state index contributed by atoms with van der Waals surface area (Å²) in [6.07, 6.45) is 6.61. The molecule has 3 unspecified atom stereocenters. The average molecular weight is 301 g/mol. The summed E-state index contributed by atoms with van der Waals surface area (Å²) in [4.78, 5) is 4.73. The van der Waals surface area contributed by atoms with Crippen LogP contribution in [0.3, 0.4) is 0 Å². The van der Waals surface area contributed by atoms with Crippen molar-refractivity contribution in [2.75, 3.05) is 12.3 Å². The van der Waals surface area contributed by atoms with Crippen molar-refractivity contribution in [1.29, 1.82) is 0 Å². The summed E-state index contributed by atoms with van der Waals surface area (Å²) in [6.45, 7) is 7.91. The highest BCUT2D eigenvalue weighted by Crippen LogP contribution is 2.33. The maximum atomic E-state index is 4.73. The van der Waals surface area contributed by atoms with Crippen LogP contribution in [0.2, 0.25) is 0 Å². The molecule has 110 valence electrons. The normalized spacial score (nSPS) is 30.9. The quantitative estimate of drug-likeness (QED) is 0.797. The summed E-state index contributed by atoms with van der Waals surface area (Å²) in [5, 5.41) is 6.53. The smallest absolute Gasteiger partial charge is 0.157 e. The van der Waals surface area contributed by atoms with Crippen molar-refractivity contribution in [3.63, 3.8) is 0 Å². The van der Waals surface area contributed by atoms with Crippen molar-refractivity contribution in [3.05, 3.63) is 0 Å². The van der Waals surface area contributed by atoms with Crippen molar-refractivity contribution in [2.24, 2.45) is 10.9 Å². The summed E-state index contributed by atoms with van der Waals surface area (Å²) in [5.74, 6) is 2.09. The molecule has 1 aliphatic carbocycles. The fourth-order valence-corrected chi connectivity index (χ4v) is 5.70. The predicted octanol–water partition coefficient (Wildman–Crippen LogP) is 4.16. The molecule has 0 spiro atoms. The summed E-state index contributed by atoms with van der Waals surface area (Å²) >= 11 is 4.13. The highest BCUT2D eigenvalue weighted by molar-refractivity contribution is 8.14. The molecule has 1 fully saturated rings. The minimum Gasteiger partial charge on any atom is -0.362 e. The summed E-state index contributed by atoms with van der Waals surface area (Å²) in [5.41, 5.74) is 0. The van der Waals surface area contributed by atoms with Crippen molar-refractivity contribution in [1.82, 2.24) is 5.32 Å². The predicted molar refractivity (Wildman–Crippen MR) is 90.4 cm³/mol. The van der Waals surface area contributed by atoms with E-state index in [1.54, 1.807) is 0 Å². The van der Waals surface area contributed by atoms with Crippen LogP contribution >= 0.6 is 23.5 Å². The van der Waals surface area contributed by atoms with Gasteiger partial charge >= 0.3 is 0 Å². The van der Waals surface area contributed by atoms with Gasteiger partial charge in [-0.25, -0.2) is 0 Å². The average Bonchev–Trinajstić information content (AvgIpc) is 3.02. The standard InChI is InChI=1S/C15H28N2S2/c1-4-11(5-2)14-10-16-15(19-14)17-12-7-8-13(9-12)18-6-3/h11-14H,4-10H2,1-3H3,(H,16,17). The Morgan fingerprint density at radius 3 is 2.79 bits per heavy atom. The Hall–Kier alpha value is 0.170. The largest absolute Gasteiger partial charge is 0.362 e. The molecule has 3 atom stereocenters. The Morgan fingerprint density at radius 2 is 2.11 bits per heavy atom. The third kappa shape index (κ3) is 4.32. The molecule has 2 aliphatic rings. The lowest BCUT2D eigenvalue weighted by Crippen LogP contribution is -2.31. The van der Waals surface area contributed by atoms with Crippen LogP contribution in [-0.4, -0.2) is 34.0 Å². The molecule has 2 nitrogen and oxygen atoms in total. The van der Waals surface area contributed by atoms with Crippen LogP contribution in [-0.2, 0) is 0 Å². The molecule has 1 aliphatic heterocycles. The fourth-order valence-electron chi connectivity index (χ4n) is 3.16. The zero-order valence-corrected chi connectivity index (χ0v) is 14.2. The molecular weight excluding hydrogens is 272 g/mol.